The molecule has 1 N–H and O–H groups in total. The molecule has 2 aromatic heterocycles. The monoisotopic (exact) mass is 367 g/mol. The Morgan fingerprint density at radius 3 is 2.77 bits per heavy atom. The molecule has 3 aromatic rings. The van der Waals surface area contributed by atoms with E-state index in [2.05, 4.69) is 47.5 Å². The van der Waals surface area contributed by atoms with Crippen molar-refractivity contribution >= 4 is 17.2 Å². The smallest absolute Gasteiger partial charge is 0.275 e. The molecule has 0 saturated carbocycles. The molecule has 1 atom stereocenters. The number of aromatic nitrogens is 2. The van der Waals surface area contributed by atoms with E-state index < -0.39 is 0 Å². The number of benzene rings is 1. The number of H-pyrrole nitrogens is 1. The number of aromatic amines is 1. The molecular formula is C20H21N3O2S. The topological polar surface area (TPSA) is 58.2 Å². The van der Waals surface area contributed by atoms with Gasteiger partial charge < -0.3 is 9.64 Å². The van der Waals surface area contributed by atoms with Crippen LogP contribution in [0.3, 0.4) is 0 Å². The molecule has 0 spiro atoms. The average Bonchev–Trinajstić information content (AvgIpc) is 3.35. The highest BCUT2D eigenvalue weighted by atomic mass is 32.1. The fraction of sp³-hybridized carbons (Fsp3) is 0.300. The number of thiophene rings is 1. The second-order valence-electron chi connectivity index (χ2n) is 6.50. The predicted octanol–water partition coefficient (Wildman–Crippen LogP) is 4.03. The fourth-order valence-electron chi connectivity index (χ4n) is 3.50. The summed E-state index contributed by atoms with van der Waals surface area (Å²) in [5.41, 5.74) is 4.78. The minimum atomic E-state index is -0.120. The summed E-state index contributed by atoms with van der Waals surface area (Å²) in [6, 6.07) is 12.4. The van der Waals surface area contributed by atoms with Gasteiger partial charge in [-0.2, -0.15) is 5.10 Å². The predicted molar refractivity (Wildman–Crippen MR) is 102 cm³/mol. The highest BCUT2D eigenvalue weighted by molar-refractivity contribution is 7.13. The number of ether oxygens (including phenoxy) is 1. The van der Waals surface area contributed by atoms with Gasteiger partial charge >= 0.3 is 0 Å². The normalized spacial score (nSPS) is 16.3. The quantitative estimate of drug-likeness (QED) is 0.669. The van der Waals surface area contributed by atoms with Crippen LogP contribution >= 0.6 is 11.3 Å². The average molecular weight is 367 g/mol. The summed E-state index contributed by atoms with van der Waals surface area (Å²) in [5.74, 6) is -0.0132. The lowest BCUT2D eigenvalue weighted by molar-refractivity contribution is 0.0723. The van der Waals surface area contributed by atoms with Crippen molar-refractivity contribution in [3.8, 4) is 10.6 Å². The summed E-state index contributed by atoms with van der Waals surface area (Å²) in [5, 5.41) is 9.50. The van der Waals surface area contributed by atoms with Crippen LogP contribution in [-0.4, -0.2) is 41.3 Å². The van der Waals surface area contributed by atoms with Gasteiger partial charge in [-0.1, -0.05) is 35.9 Å². The van der Waals surface area contributed by atoms with Gasteiger partial charge in [-0.15, -0.1) is 11.3 Å². The van der Waals surface area contributed by atoms with Crippen molar-refractivity contribution in [1.29, 1.82) is 0 Å². The number of nitrogens with zero attached hydrogens (tertiary/aromatic N) is 2. The van der Waals surface area contributed by atoms with Crippen LogP contribution in [-0.2, 0) is 4.74 Å². The van der Waals surface area contributed by atoms with E-state index in [0.717, 1.165) is 28.1 Å². The van der Waals surface area contributed by atoms with E-state index in [1.807, 2.05) is 16.3 Å². The number of hydrogen-bond acceptors (Lipinski definition) is 4. The van der Waals surface area contributed by atoms with Crippen LogP contribution in [0.2, 0.25) is 0 Å². The summed E-state index contributed by atoms with van der Waals surface area (Å²) in [6.07, 6.45) is 0.799. The lowest BCUT2D eigenvalue weighted by Gasteiger charge is -2.26. The Balaban J connectivity index is 1.80. The largest absolute Gasteiger partial charge is 0.385 e. The Bertz CT molecular complexity index is 900. The molecule has 5 nitrogen and oxygen atoms in total. The Kier molecular flexibility index (Phi) is 4.61. The fourth-order valence-corrected chi connectivity index (χ4v) is 4.24. The van der Waals surface area contributed by atoms with E-state index in [4.69, 9.17) is 4.74 Å². The van der Waals surface area contributed by atoms with Crippen LogP contribution in [0, 0.1) is 6.92 Å². The number of methoxy groups -OCH3 is 1. The van der Waals surface area contributed by atoms with Crippen LogP contribution in [0.25, 0.3) is 10.6 Å². The number of aryl methyl sites for hydroxylation is 1. The second kappa shape index (κ2) is 7.05. The first kappa shape index (κ1) is 17.0. The first-order chi connectivity index (χ1) is 12.7. The number of rotatable bonds is 6. The molecule has 0 radical (unpaired) electrons. The van der Waals surface area contributed by atoms with E-state index in [9.17, 15) is 4.79 Å². The van der Waals surface area contributed by atoms with E-state index in [0.29, 0.717) is 18.8 Å². The van der Waals surface area contributed by atoms with Gasteiger partial charge in [-0.05, 0) is 30.4 Å². The van der Waals surface area contributed by atoms with Crippen molar-refractivity contribution in [3.63, 3.8) is 0 Å². The van der Waals surface area contributed by atoms with Crippen molar-refractivity contribution in [2.45, 2.75) is 19.4 Å². The molecule has 1 unspecified atom stereocenters. The summed E-state index contributed by atoms with van der Waals surface area (Å²) < 4.78 is 5.18. The number of nitrogens with one attached hydrogen (secondary N) is 1. The first-order valence-electron chi connectivity index (χ1n) is 8.69. The molecule has 4 rings (SSSR count). The SMILES string of the molecule is COCCCN1C(=O)c2n[nH]c(-c3cccs3)c2C1c1ccc(C)cc1. The van der Waals surface area contributed by atoms with Crippen molar-refractivity contribution in [2.75, 3.05) is 20.3 Å². The second-order valence-corrected chi connectivity index (χ2v) is 7.44. The van der Waals surface area contributed by atoms with Crippen LogP contribution < -0.4 is 0 Å². The molecule has 6 heteroatoms. The van der Waals surface area contributed by atoms with Crippen molar-refractivity contribution in [1.82, 2.24) is 15.1 Å². The van der Waals surface area contributed by atoms with E-state index >= 15 is 0 Å². The van der Waals surface area contributed by atoms with Crippen LogP contribution in [0.4, 0.5) is 0 Å². The Labute approximate surface area is 156 Å². The maximum atomic E-state index is 13.0. The van der Waals surface area contributed by atoms with Gasteiger partial charge in [0, 0.05) is 25.8 Å². The first-order valence-corrected chi connectivity index (χ1v) is 9.57. The van der Waals surface area contributed by atoms with Crippen molar-refractivity contribution in [2.24, 2.45) is 0 Å². The number of fused-ring (bicyclic) bond motifs is 1. The van der Waals surface area contributed by atoms with Gasteiger partial charge in [0.15, 0.2) is 5.69 Å². The molecule has 0 bridgehead atoms. The van der Waals surface area contributed by atoms with E-state index in [1.54, 1.807) is 18.4 Å². The van der Waals surface area contributed by atoms with Gasteiger partial charge in [0.2, 0.25) is 0 Å². The summed E-state index contributed by atoms with van der Waals surface area (Å²) >= 11 is 1.65. The van der Waals surface area contributed by atoms with Crippen molar-refractivity contribution < 1.29 is 9.53 Å². The van der Waals surface area contributed by atoms with Crippen LogP contribution in [0.15, 0.2) is 41.8 Å². The number of amides is 1. The number of hydrogen-bond donors (Lipinski definition) is 1. The summed E-state index contributed by atoms with van der Waals surface area (Å²) in [6.45, 7) is 3.34. The Hall–Kier alpha value is -2.44. The number of carbonyl (C=O) groups is 1. The van der Waals surface area contributed by atoms with Gasteiger partial charge in [0.05, 0.1) is 16.6 Å². The van der Waals surface area contributed by atoms with Crippen LogP contribution in [0.5, 0.6) is 0 Å². The molecule has 26 heavy (non-hydrogen) atoms. The standard InChI is InChI=1S/C20H21N3O2S/c1-13-6-8-14(9-7-13)19-16-17(15-5-3-12-26-15)21-22-18(16)20(24)23(19)10-4-11-25-2/h3,5-9,12,19H,4,10-11H2,1-2H3,(H,21,22). The Morgan fingerprint density at radius 1 is 1.27 bits per heavy atom. The molecule has 3 heterocycles. The minimum Gasteiger partial charge on any atom is -0.385 e. The highest BCUT2D eigenvalue weighted by Crippen LogP contribution is 2.43. The third-order valence-corrected chi connectivity index (χ3v) is 5.65. The zero-order valence-electron chi connectivity index (χ0n) is 14.9. The van der Waals surface area contributed by atoms with Gasteiger partial charge in [0.25, 0.3) is 5.91 Å². The minimum absolute atomic E-state index is 0.0132. The van der Waals surface area contributed by atoms with Gasteiger partial charge in [0.1, 0.15) is 0 Å². The molecule has 0 saturated heterocycles. The van der Waals surface area contributed by atoms with Crippen LogP contribution in [0.1, 0.15) is 39.6 Å². The summed E-state index contributed by atoms with van der Waals surface area (Å²) in [7, 11) is 1.68. The lowest BCUT2D eigenvalue weighted by Crippen LogP contribution is -2.31. The zero-order valence-corrected chi connectivity index (χ0v) is 15.7. The highest BCUT2D eigenvalue weighted by Gasteiger charge is 2.42. The Morgan fingerprint density at radius 2 is 2.08 bits per heavy atom. The molecule has 134 valence electrons. The van der Waals surface area contributed by atoms with Gasteiger partial charge in [-0.3, -0.25) is 9.89 Å². The van der Waals surface area contributed by atoms with Gasteiger partial charge in [-0.25, -0.2) is 0 Å². The molecule has 0 fully saturated rings. The molecule has 1 amide bonds. The molecule has 0 aliphatic carbocycles. The van der Waals surface area contributed by atoms with E-state index in [-0.39, 0.29) is 11.9 Å². The molecular weight excluding hydrogens is 346 g/mol. The van der Waals surface area contributed by atoms with E-state index in [1.165, 1.54) is 5.56 Å². The lowest BCUT2D eigenvalue weighted by atomic mass is 9.97. The molecule has 1 aliphatic rings. The zero-order chi connectivity index (χ0) is 18.1. The third kappa shape index (κ3) is 2.85. The third-order valence-electron chi connectivity index (χ3n) is 4.76. The molecule has 1 aromatic carbocycles. The number of carbonyl (C=O) groups excluding carboxylic acids is 1. The maximum absolute atomic E-state index is 13.0. The molecule has 1 aliphatic heterocycles. The maximum Gasteiger partial charge on any atom is 0.275 e. The van der Waals surface area contributed by atoms with Crippen molar-refractivity contribution in [3.05, 3.63) is 64.2 Å². The summed E-state index contributed by atoms with van der Waals surface area (Å²) in [4.78, 5) is 16.1.